The van der Waals surface area contributed by atoms with Crippen molar-refractivity contribution in [3.8, 4) is 5.75 Å². The maximum atomic E-state index is 15.1. The summed E-state index contributed by atoms with van der Waals surface area (Å²) in [4.78, 5) is 22.4. The van der Waals surface area contributed by atoms with Gasteiger partial charge in [0.25, 0.3) is 14.2 Å². The number of hydrogen-bond acceptors (Lipinski definition) is 9. The lowest BCUT2D eigenvalue weighted by Gasteiger charge is -2.53. The number of ether oxygens (including phenoxy) is 2. The summed E-state index contributed by atoms with van der Waals surface area (Å²) in [6.07, 6.45) is 14.1. The van der Waals surface area contributed by atoms with Crippen LogP contribution in [0.2, 0.25) is 10.1 Å². The van der Waals surface area contributed by atoms with E-state index in [4.69, 9.17) is 25.5 Å². The van der Waals surface area contributed by atoms with Crippen molar-refractivity contribution in [2.75, 3.05) is 71.0 Å². The van der Waals surface area contributed by atoms with Crippen LogP contribution in [-0.2, 0) is 31.0 Å². The number of halogens is 1. The van der Waals surface area contributed by atoms with E-state index in [1.807, 2.05) is 44.4 Å². The monoisotopic (exact) mass is 1030 g/mol. The Kier molecular flexibility index (Phi) is 15.0. The van der Waals surface area contributed by atoms with Crippen molar-refractivity contribution in [3.63, 3.8) is 0 Å². The molecule has 7 atom stereocenters. The molecule has 3 fully saturated rings. The second-order valence-corrected chi connectivity index (χ2v) is 29.9. The molecule has 1 spiro atoms. The van der Waals surface area contributed by atoms with Crippen molar-refractivity contribution in [1.82, 2.24) is 14.5 Å². The molecule has 2 saturated heterocycles. The van der Waals surface area contributed by atoms with Crippen molar-refractivity contribution in [2.45, 2.75) is 119 Å². The fourth-order valence-electron chi connectivity index (χ4n) is 14.0. The number of rotatable bonds is 9. The number of aryl methyl sites for hydroxylation is 1. The minimum absolute atomic E-state index is 0.197. The molecule has 2 aliphatic carbocycles. The van der Waals surface area contributed by atoms with E-state index in [1.54, 1.807) is 6.07 Å². The fraction of sp³-hybridized carbons (Fsp3) is 0.542. The zero-order chi connectivity index (χ0) is 50.3. The SMILES string of the molecule is CO[C@]1(CN2CCN3CCCC[C@@H]3C2)/C=C/C[C@H](C)[C@@H](CCO[Si](c2ccccc2)(c2ccccc2)C(C)(C)C)S(=O)(=O)NC(=O)c2ccc3c(c2)N(C[C@@H]2CC[C@H]21)C[C@@]1(CCCc2cc(Cl)ccc21)CO3. The number of nitrogens with zero attached hydrogens (tertiary/aromatic N) is 3. The van der Waals surface area contributed by atoms with E-state index >= 15 is 8.42 Å². The third-order valence-corrected chi connectivity index (χ3v) is 25.1. The molecule has 4 aromatic rings. The number of fused-ring (bicyclic) bond motifs is 5. The molecule has 4 aromatic carbocycles. The number of methoxy groups -OCH3 is 1. The standard InChI is InChI=1S/C59H77ClN4O6SSi/c1-43-16-14-31-59(68-5,41-62-33-34-63-32-13-12-18-48(63)39-62)52-26-23-46(52)38-64-40-58(30-15-17-44-36-47(60)25-27-51(44)58)42-69-54-28-24-45(37-53(54)64)56(65)61-71(66,67)55(43)29-35-70-72(57(2,3)4,49-19-8-6-9-20-49)50-21-10-7-11-22-50/h6-11,14,19-22,24-25,27-28,31,36-37,43,46,48,52,55H,12-13,15-18,23,26,29-30,32-35,38-42H2,1-5H3,(H,61,65)/b31-14+/t43-,46-,48+,52+,55+,58-,59-/m0/s1. The number of nitrogens with one attached hydrogen (secondary N) is 1. The lowest BCUT2D eigenvalue weighted by atomic mass is 9.63. The van der Waals surface area contributed by atoms with E-state index in [1.165, 1.54) is 36.9 Å². The first-order chi connectivity index (χ1) is 34.6. The highest BCUT2D eigenvalue weighted by Crippen LogP contribution is 2.50. The van der Waals surface area contributed by atoms with Crippen molar-refractivity contribution in [3.05, 3.63) is 131 Å². The van der Waals surface area contributed by atoms with Crippen molar-refractivity contribution >= 4 is 51.9 Å². The predicted octanol–water partition coefficient (Wildman–Crippen LogP) is 9.39. The van der Waals surface area contributed by atoms with Crippen molar-refractivity contribution in [1.29, 1.82) is 0 Å². The largest absolute Gasteiger partial charge is 0.490 e. The van der Waals surface area contributed by atoms with E-state index in [2.05, 4.69) is 113 Å². The molecule has 13 heteroatoms. The molecule has 10 rings (SSSR count). The maximum absolute atomic E-state index is 15.1. The minimum Gasteiger partial charge on any atom is -0.490 e. The molecule has 1 amide bonds. The molecule has 1 saturated carbocycles. The van der Waals surface area contributed by atoms with Gasteiger partial charge in [-0.05, 0) is 139 Å². The molecule has 4 aliphatic heterocycles. The number of piperazine rings is 1. The highest BCUT2D eigenvalue weighted by Gasteiger charge is 2.52. The van der Waals surface area contributed by atoms with Crippen LogP contribution in [0.25, 0.3) is 0 Å². The number of anilines is 1. The van der Waals surface area contributed by atoms with Crippen molar-refractivity contribution < 1.29 is 27.1 Å². The summed E-state index contributed by atoms with van der Waals surface area (Å²) in [5, 5.41) is 1.78. The summed E-state index contributed by atoms with van der Waals surface area (Å²) in [5.41, 5.74) is 2.77. The van der Waals surface area contributed by atoms with Gasteiger partial charge in [0.05, 0.1) is 17.5 Å². The van der Waals surface area contributed by atoms with Crippen LogP contribution in [0.1, 0.15) is 107 Å². The Morgan fingerprint density at radius 1 is 0.889 bits per heavy atom. The zero-order valence-electron chi connectivity index (χ0n) is 43.3. The molecule has 386 valence electrons. The van der Waals surface area contributed by atoms with E-state index < -0.39 is 35.1 Å². The number of benzene rings is 4. The molecule has 0 unspecified atom stereocenters. The second kappa shape index (κ2) is 21.0. The van der Waals surface area contributed by atoms with Gasteiger partial charge in [-0.15, -0.1) is 0 Å². The minimum atomic E-state index is -4.26. The van der Waals surface area contributed by atoms with E-state index in [9.17, 15) is 4.79 Å². The summed E-state index contributed by atoms with van der Waals surface area (Å²) in [6.45, 7) is 15.9. The van der Waals surface area contributed by atoms with Gasteiger partial charge in [0.15, 0.2) is 0 Å². The quantitative estimate of drug-likeness (QED) is 0.130. The third kappa shape index (κ3) is 9.99. The normalized spacial score (nSPS) is 29.6. The molecule has 6 aliphatic rings. The average molecular weight is 1030 g/mol. The summed E-state index contributed by atoms with van der Waals surface area (Å²) in [6, 6.07) is 33.3. The maximum Gasteiger partial charge on any atom is 0.264 e. The number of carbonyl (C=O) groups is 1. The topological polar surface area (TPSA) is 101 Å². The number of carbonyl (C=O) groups excluding carboxylic acids is 1. The Morgan fingerprint density at radius 3 is 2.36 bits per heavy atom. The first-order valence-electron chi connectivity index (χ1n) is 26.9. The molecule has 0 radical (unpaired) electrons. The highest BCUT2D eigenvalue weighted by molar-refractivity contribution is 7.90. The van der Waals surface area contributed by atoms with Crippen LogP contribution in [0, 0.1) is 17.8 Å². The van der Waals surface area contributed by atoms with Crippen LogP contribution < -0.4 is 24.7 Å². The Morgan fingerprint density at radius 2 is 1.65 bits per heavy atom. The van der Waals surface area contributed by atoms with E-state index in [0.29, 0.717) is 37.3 Å². The van der Waals surface area contributed by atoms with Gasteiger partial charge in [-0.25, -0.2) is 13.1 Å². The molecule has 2 bridgehead atoms. The van der Waals surface area contributed by atoms with Gasteiger partial charge in [-0.1, -0.05) is 125 Å². The molecule has 0 aromatic heterocycles. The van der Waals surface area contributed by atoms with E-state index in [0.717, 1.165) is 85.9 Å². The summed E-state index contributed by atoms with van der Waals surface area (Å²) < 4.78 is 53.9. The number of sulfonamides is 1. The molecule has 1 N–H and O–H groups in total. The lowest BCUT2D eigenvalue weighted by Crippen LogP contribution is -2.66. The number of hydrogen-bond donors (Lipinski definition) is 1. The van der Waals surface area contributed by atoms with Gasteiger partial charge in [0, 0.05) is 75.0 Å². The van der Waals surface area contributed by atoms with Crippen LogP contribution in [-0.4, -0.2) is 115 Å². The van der Waals surface area contributed by atoms with Crippen LogP contribution in [0.15, 0.2) is 109 Å². The first-order valence-corrected chi connectivity index (χ1v) is 30.8. The molecular weight excluding hydrogens is 956 g/mol. The average Bonchev–Trinajstić information content (AvgIpc) is 3.51. The van der Waals surface area contributed by atoms with Crippen LogP contribution in [0.4, 0.5) is 5.69 Å². The van der Waals surface area contributed by atoms with Gasteiger partial charge in [0.2, 0.25) is 10.0 Å². The van der Waals surface area contributed by atoms with E-state index in [-0.39, 0.29) is 40.9 Å². The van der Waals surface area contributed by atoms with Gasteiger partial charge in [0.1, 0.15) is 11.4 Å². The summed E-state index contributed by atoms with van der Waals surface area (Å²) in [5.74, 6) is 0.231. The van der Waals surface area contributed by atoms with Gasteiger partial charge >= 0.3 is 0 Å². The van der Waals surface area contributed by atoms with Crippen LogP contribution in [0.3, 0.4) is 0 Å². The number of allylic oxidation sites excluding steroid dienone is 1. The Hall–Kier alpha value is -4.01. The Balaban J connectivity index is 1.03. The van der Waals surface area contributed by atoms with Gasteiger partial charge in [-0.3, -0.25) is 14.6 Å². The smallest absolute Gasteiger partial charge is 0.264 e. The van der Waals surface area contributed by atoms with Crippen LogP contribution >= 0.6 is 11.6 Å². The van der Waals surface area contributed by atoms with Crippen LogP contribution in [0.5, 0.6) is 5.75 Å². The second-order valence-electron chi connectivity index (χ2n) is 23.2. The molecule has 10 nitrogen and oxygen atoms in total. The third-order valence-electron chi connectivity index (χ3n) is 17.9. The zero-order valence-corrected chi connectivity index (χ0v) is 45.9. The van der Waals surface area contributed by atoms with Crippen molar-refractivity contribution in [2.24, 2.45) is 17.8 Å². The molecule has 4 heterocycles. The lowest BCUT2D eigenvalue weighted by molar-refractivity contribution is -0.100. The molecule has 72 heavy (non-hydrogen) atoms. The summed E-state index contributed by atoms with van der Waals surface area (Å²) in [7, 11) is -5.36. The van der Waals surface area contributed by atoms with Gasteiger partial charge in [-0.2, -0.15) is 0 Å². The number of amides is 1. The Labute approximate surface area is 436 Å². The first kappa shape index (κ1) is 51.5. The summed E-state index contributed by atoms with van der Waals surface area (Å²) >= 11 is 6.61. The van der Waals surface area contributed by atoms with Gasteiger partial charge < -0.3 is 18.8 Å². The Bertz CT molecular complexity index is 2660. The fourth-order valence-corrected chi connectivity index (χ4v) is 20.4. The molecular formula is C59H77ClN4O6SSi. The predicted molar refractivity (Wildman–Crippen MR) is 293 cm³/mol. The highest BCUT2D eigenvalue weighted by atomic mass is 35.5. The number of piperidine rings is 1.